The summed E-state index contributed by atoms with van der Waals surface area (Å²) in [4.78, 5) is 0. The van der Waals surface area contributed by atoms with Crippen LogP contribution in [-0.4, -0.2) is 41.4 Å². The first kappa shape index (κ1) is 15.7. The Bertz CT molecular complexity index is 669. The van der Waals surface area contributed by atoms with Gasteiger partial charge in [0.05, 0.1) is 6.26 Å². The molecule has 2 aromatic rings. The average molecular weight is 351 g/mol. The summed E-state index contributed by atoms with van der Waals surface area (Å²) in [5.41, 5.74) is 2.07. The normalized spacial score (nSPS) is 25.3. The predicted molar refractivity (Wildman–Crippen MR) is 96.3 cm³/mol. The van der Waals surface area contributed by atoms with Crippen molar-refractivity contribution in [3.63, 3.8) is 0 Å². The van der Waals surface area contributed by atoms with E-state index >= 15 is 0 Å². The van der Waals surface area contributed by atoms with Gasteiger partial charge in [-0.1, -0.05) is 21.6 Å². The van der Waals surface area contributed by atoms with Gasteiger partial charge in [-0.3, -0.25) is 0 Å². The van der Waals surface area contributed by atoms with E-state index in [2.05, 4.69) is 11.4 Å². The lowest BCUT2D eigenvalue weighted by Crippen LogP contribution is -2.42. The molecule has 4 nitrogen and oxygen atoms in total. The molecule has 0 radical (unpaired) electrons. The Balaban J connectivity index is 1.34. The fourth-order valence-corrected chi connectivity index (χ4v) is 6.02. The van der Waals surface area contributed by atoms with Crippen LogP contribution in [0.3, 0.4) is 0 Å². The first-order valence-corrected chi connectivity index (χ1v) is 10.5. The van der Waals surface area contributed by atoms with Crippen molar-refractivity contribution in [2.75, 3.05) is 18.8 Å². The SMILES string of the molecule is OC(CNCC1CCSS1)C1CCc2cc3occc3cc2O1. The molecular weight excluding hydrogens is 330 g/mol. The number of aryl methyl sites for hydroxylation is 1. The maximum Gasteiger partial charge on any atom is 0.134 e. The molecule has 1 aromatic carbocycles. The van der Waals surface area contributed by atoms with Crippen LogP contribution in [0.4, 0.5) is 0 Å². The van der Waals surface area contributed by atoms with Crippen molar-refractivity contribution in [3.8, 4) is 5.75 Å². The van der Waals surface area contributed by atoms with E-state index in [1.807, 2.05) is 33.7 Å². The smallest absolute Gasteiger partial charge is 0.134 e. The standard InChI is InChI=1S/C17H21NO3S2/c19-14(10-18-9-13-4-6-22-23-13)15-2-1-11-7-16-12(3-5-20-16)8-17(11)21-15/h3,5,7-8,13-15,18-19H,1-2,4,6,9-10H2. The van der Waals surface area contributed by atoms with Gasteiger partial charge in [-0.15, -0.1) is 0 Å². The molecule has 4 rings (SSSR count). The number of benzene rings is 1. The van der Waals surface area contributed by atoms with Crippen LogP contribution in [0.5, 0.6) is 5.75 Å². The zero-order valence-electron chi connectivity index (χ0n) is 12.9. The Morgan fingerprint density at radius 2 is 2.30 bits per heavy atom. The zero-order chi connectivity index (χ0) is 15.6. The third kappa shape index (κ3) is 3.50. The molecule has 0 bridgehead atoms. The van der Waals surface area contributed by atoms with Gasteiger partial charge >= 0.3 is 0 Å². The van der Waals surface area contributed by atoms with E-state index in [0.29, 0.717) is 11.8 Å². The van der Waals surface area contributed by atoms with Crippen molar-refractivity contribution in [1.29, 1.82) is 0 Å². The summed E-state index contributed by atoms with van der Waals surface area (Å²) in [7, 11) is 3.90. The van der Waals surface area contributed by atoms with Crippen LogP contribution in [0.2, 0.25) is 0 Å². The number of rotatable bonds is 5. The summed E-state index contributed by atoms with van der Waals surface area (Å²) in [6.45, 7) is 1.56. The monoisotopic (exact) mass is 351 g/mol. The van der Waals surface area contributed by atoms with Gasteiger partial charge in [0.25, 0.3) is 0 Å². The number of fused-ring (bicyclic) bond motifs is 2. The van der Waals surface area contributed by atoms with Crippen LogP contribution in [-0.2, 0) is 6.42 Å². The highest BCUT2D eigenvalue weighted by Crippen LogP contribution is 2.37. The Morgan fingerprint density at radius 3 is 3.17 bits per heavy atom. The number of hydrogen-bond acceptors (Lipinski definition) is 6. The highest BCUT2D eigenvalue weighted by molar-refractivity contribution is 8.77. The number of hydrogen-bond donors (Lipinski definition) is 2. The fraction of sp³-hybridized carbons (Fsp3) is 0.529. The Morgan fingerprint density at radius 1 is 1.35 bits per heavy atom. The summed E-state index contributed by atoms with van der Waals surface area (Å²) >= 11 is 0. The number of nitrogens with one attached hydrogen (secondary N) is 1. The molecule has 6 heteroatoms. The number of furan rings is 1. The van der Waals surface area contributed by atoms with E-state index in [1.54, 1.807) is 6.26 Å². The minimum absolute atomic E-state index is 0.134. The van der Waals surface area contributed by atoms with E-state index in [1.165, 1.54) is 17.7 Å². The van der Waals surface area contributed by atoms with Gasteiger partial charge in [-0.25, -0.2) is 0 Å². The van der Waals surface area contributed by atoms with Crippen molar-refractivity contribution >= 4 is 32.6 Å². The first-order valence-electron chi connectivity index (χ1n) is 8.13. The van der Waals surface area contributed by atoms with Gasteiger partial charge in [-0.05, 0) is 43.0 Å². The van der Waals surface area contributed by atoms with E-state index < -0.39 is 6.10 Å². The molecule has 2 aliphatic rings. The van der Waals surface area contributed by atoms with Gasteiger partial charge in [0.15, 0.2) is 0 Å². The third-order valence-electron chi connectivity index (χ3n) is 4.49. The molecule has 2 aliphatic heterocycles. The van der Waals surface area contributed by atoms with Crippen molar-refractivity contribution in [3.05, 3.63) is 30.0 Å². The van der Waals surface area contributed by atoms with Gasteiger partial charge in [0.2, 0.25) is 0 Å². The summed E-state index contributed by atoms with van der Waals surface area (Å²) in [6, 6.07) is 6.02. The van der Waals surface area contributed by atoms with Gasteiger partial charge < -0.3 is 19.6 Å². The number of aliphatic hydroxyl groups is 1. The van der Waals surface area contributed by atoms with E-state index in [-0.39, 0.29) is 6.10 Å². The van der Waals surface area contributed by atoms with Crippen LogP contribution in [0.15, 0.2) is 28.9 Å². The molecule has 1 saturated heterocycles. The molecular formula is C17H21NO3S2. The highest BCUT2D eigenvalue weighted by atomic mass is 33.1. The highest BCUT2D eigenvalue weighted by Gasteiger charge is 2.27. The van der Waals surface area contributed by atoms with Gasteiger partial charge in [0.1, 0.15) is 23.5 Å². The minimum Gasteiger partial charge on any atom is -0.487 e. The van der Waals surface area contributed by atoms with Crippen molar-refractivity contribution in [1.82, 2.24) is 5.32 Å². The Kier molecular flexibility index (Phi) is 4.76. The Hall–Kier alpha value is -0.820. The topological polar surface area (TPSA) is 54.6 Å². The number of ether oxygens (including phenoxy) is 1. The average Bonchev–Trinajstić information content (AvgIpc) is 3.23. The molecule has 23 heavy (non-hydrogen) atoms. The molecule has 3 unspecified atom stereocenters. The van der Waals surface area contributed by atoms with Gasteiger partial charge in [-0.2, -0.15) is 0 Å². The molecule has 0 amide bonds. The number of aliphatic hydroxyl groups excluding tert-OH is 1. The van der Waals surface area contributed by atoms with Gasteiger partial charge in [0, 0.05) is 29.5 Å². The maximum atomic E-state index is 10.4. The Labute approximate surface area is 143 Å². The molecule has 3 atom stereocenters. The molecule has 0 spiro atoms. The summed E-state index contributed by atoms with van der Waals surface area (Å²) < 4.78 is 11.5. The molecule has 124 valence electrons. The second-order valence-electron chi connectivity index (χ2n) is 6.17. The fourth-order valence-electron chi connectivity index (χ4n) is 3.16. The lowest BCUT2D eigenvalue weighted by molar-refractivity contribution is 0.0248. The predicted octanol–water partition coefficient (Wildman–Crippen LogP) is 3.23. The van der Waals surface area contributed by atoms with Crippen molar-refractivity contribution in [2.24, 2.45) is 0 Å². The van der Waals surface area contributed by atoms with Crippen molar-refractivity contribution < 1.29 is 14.3 Å². The molecule has 0 saturated carbocycles. The lowest BCUT2D eigenvalue weighted by Gasteiger charge is -2.30. The quantitative estimate of drug-likeness (QED) is 0.807. The van der Waals surface area contributed by atoms with E-state index in [4.69, 9.17) is 9.15 Å². The summed E-state index contributed by atoms with van der Waals surface area (Å²) in [5.74, 6) is 2.13. The largest absolute Gasteiger partial charge is 0.487 e. The lowest BCUT2D eigenvalue weighted by atomic mass is 9.98. The van der Waals surface area contributed by atoms with Crippen LogP contribution >= 0.6 is 21.6 Å². The molecule has 0 aliphatic carbocycles. The maximum absolute atomic E-state index is 10.4. The van der Waals surface area contributed by atoms with Crippen LogP contribution in [0, 0.1) is 0 Å². The molecule has 2 N–H and O–H groups in total. The van der Waals surface area contributed by atoms with E-state index in [9.17, 15) is 5.11 Å². The summed E-state index contributed by atoms with van der Waals surface area (Å²) in [5, 5.41) is 15.5. The molecule has 3 heterocycles. The second-order valence-corrected chi connectivity index (χ2v) is 8.96. The minimum atomic E-state index is -0.470. The second kappa shape index (κ2) is 6.97. The van der Waals surface area contributed by atoms with Crippen LogP contribution < -0.4 is 10.1 Å². The zero-order valence-corrected chi connectivity index (χ0v) is 14.5. The third-order valence-corrected chi connectivity index (χ3v) is 7.43. The molecule has 1 aromatic heterocycles. The van der Waals surface area contributed by atoms with Crippen LogP contribution in [0.1, 0.15) is 18.4 Å². The van der Waals surface area contributed by atoms with Crippen molar-refractivity contribution in [2.45, 2.75) is 36.7 Å². The first-order chi connectivity index (χ1) is 11.3. The van der Waals surface area contributed by atoms with E-state index in [0.717, 1.165) is 36.1 Å². The summed E-state index contributed by atoms with van der Waals surface area (Å²) in [6.07, 6.45) is 4.11. The van der Waals surface area contributed by atoms with Crippen LogP contribution in [0.25, 0.3) is 11.0 Å². The molecule has 1 fully saturated rings.